The monoisotopic (exact) mass is 297 g/mol. The molecule has 0 radical (unpaired) electrons. The number of nitrogens with zero attached hydrogens (tertiary/aromatic N) is 1. The summed E-state index contributed by atoms with van der Waals surface area (Å²) in [5.41, 5.74) is 6.10. The predicted molar refractivity (Wildman–Crippen MR) is 84.5 cm³/mol. The molecule has 1 aliphatic rings. The van der Waals surface area contributed by atoms with Gasteiger partial charge in [-0.15, -0.1) is 0 Å². The fourth-order valence-corrected chi connectivity index (χ4v) is 2.98. The first-order chi connectivity index (χ1) is 9.72. The van der Waals surface area contributed by atoms with Crippen molar-refractivity contribution in [1.82, 2.24) is 10.2 Å². The topological polar surface area (TPSA) is 75.4 Å². The summed E-state index contributed by atoms with van der Waals surface area (Å²) in [6.45, 7) is 9.11. The quantitative estimate of drug-likeness (QED) is 0.801. The molecule has 4 atom stereocenters. The summed E-state index contributed by atoms with van der Waals surface area (Å²) in [5.74, 6) is 1.09. The lowest BCUT2D eigenvalue weighted by Gasteiger charge is -2.37. The Morgan fingerprint density at radius 3 is 2.43 bits per heavy atom. The molecule has 0 heterocycles. The van der Waals surface area contributed by atoms with E-state index in [2.05, 4.69) is 19.2 Å². The molecule has 1 rings (SSSR count). The summed E-state index contributed by atoms with van der Waals surface area (Å²) in [6.07, 6.45) is 1.70. The third-order valence-electron chi connectivity index (χ3n) is 4.47. The van der Waals surface area contributed by atoms with E-state index in [1.165, 1.54) is 0 Å². The molecule has 0 saturated heterocycles. The molecule has 1 fully saturated rings. The first kappa shape index (κ1) is 18.0. The lowest BCUT2D eigenvalue weighted by atomic mass is 9.72. The van der Waals surface area contributed by atoms with Crippen molar-refractivity contribution in [1.29, 1.82) is 0 Å². The highest BCUT2D eigenvalue weighted by Gasteiger charge is 2.36. The Kier molecular flexibility index (Phi) is 6.65. The van der Waals surface area contributed by atoms with Crippen LogP contribution in [0.15, 0.2) is 0 Å². The van der Waals surface area contributed by atoms with Crippen molar-refractivity contribution in [3.8, 4) is 0 Å². The molecule has 122 valence electrons. The summed E-state index contributed by atoms with van der Waals surface area (Å²) in [6, 6.07) is 0.0818. The van der Waals surface area contributed by atoms with Gasteiger partial charge < -0.3 is 16.0 Å². The zero-order valence-corrected chi connectivity index (χ0v) is 14.1. The van der Waals surface area contributed by atoms with Crippen LogP contribution in [0.1, 0.15) is 40.5 Å². The minimum Gasteiger partial charge on any atom is -0.354 e. The van der Waals surface area contributed by atoms with Gasteiger partial charge in [0.2, 0.25) is 11.8 Å². The molecule has 0 aromatic rings. The summed E-state index contributed by atoms with van der Waals surface area (Å²) < 4.78 is 0. The summed E-state index contributed by atoms with van der Waals surface area (Å²) in [7, 11) is 1.70. The van der Waals surface area contributed by atoms with E-state index < -0.39 is 0 Å². The Morgan fingerprint density at radius 1 is 1.24 bits per heavy atom. The van der Waals surface area contributed by atoms with Gasteiger partial charge in [0, 0.05) is 25.6 Å². The molecule has 5 nitrogen and oxygen atoms in total. The highest BCUT2D eigenvalue weighted by Crippen LogP contribution is 2.33. The fraction of sp³-hybridized carbons (Fsp3) is 0.875. The van der Waals surface area contributed by atoms with Crippen molar-refractivity contribution in [3.05, 3.63) is 0 Å². The molecular formula is C16H31N3O2. The molecule has 5 heteroatoms. The smallest absolute Gasteiger partial charge is 0.239 e. The molecule has 0 bridgehead atoms. The van der Waals surface area contributed by atoms with Crippen LogP contribution < -0.4 is 11.1 Å². The SMILES string of the molecule is CC(C)CNC(=O)CN(C)C(=O)C1CC(N)C(C)CC1C. The molecule has 21 heavy (non-hydrogen) atoms. The zero-order chi connectivity index (χ0) is 16.2. The summed E-state index contributed by atoms with van der Waals surface area (Å²) in [5, 5.41) is 2.84. The van der Waals surface area contributed by atoms with E-state index in [0.29, 0.717) is 24.3 Å². The highest BCUT2D eigenvalue weighted by molar-refractivity contribution is 5.85. The molecule has 1 aliphatic carbocycles. The van der Waals surface area contributed by atoms with E-state index in [9.17, 15) is 9.59 Å². The van der Waals surface area contributed by atoms with Crippen LogP contribution in [0, 0.1) is 23.7 Å². The first-order valence-electron chi connectivity index (χ1n) is 7.99. The van der Waals surface area contributed by atoms with Crippen molar-refractivity contribution in [2.24, 2.45) is 29.4 Å². The summed E-state index contributed by atoms with van der Waals surface area (Å²) >= 11 is 0. The molecule has 3 N–H and O–H groups in total. The van der Waals surface area contributed by atoms with Crippen LogP contribution in [0.25, 0.3) is 0 Å². The van der Waals surface area contributed by atoms with Crippen LogP contribution in [0.4, 0.5) is 0 Å². The molecule has 4 unspecified atom stereocenters. The normalized spacial score (nSPS) is 29.3. The molecule has 0 aliphatic heterocycles. The Labute approximate surface area is 128 Å². The molecule has 1 saturated carbocycles. The number of hydrogen-bond donors (Lipinski definition) is 2. The minimum atomic E-state index is -0.0966. The highest BCUT2D eigenvalue weighted by atomic mass is 16.2. The molecule has 0 spiro atoms. The summed E-state index contributed by atoms with van der Waals surface area (Å²) in [4.78, 5) is 25.9. The van der Waals surface area contributed by atoms with E-state index >= 15 is 0 Å². The fourth-order valence-electron chi connectivity index (χ4n) is 2.98. The molecule has 0 aromatic carbocycles. The Hall–Kier alpha value is -1.10. The number of amides is 2. The maximum absolute atomic E-state index is 12.5. The van der Waals surface area contributed by atoms with Crippen LogP contribution >= 0.6 is 0 Å². The van der Waals surface area contributed by atoms with E-state index in [1.807, 2.05) is 13.8 Å². The maximum atomic E-state index is 12.5. The van der Waals surface area contributed by atoms with Gasteiger partial charge in [-0.3, -0.25) is 9.59 Å². The first-order valence-corrected chi connectivity index (χ1v) is 7.99. The second-order valence-electron chi connectivity index (χ2n) is 7.09. The predicted octanol–water partition coefficient (Wildman–Crippen LogP) is 1.23. The van der Waals surface area contributed by atoms with Gasteiger partial charge in [0.15, 0.2) is 0 Å². The third kappa shape index (κ3) is 5.30. The van der Waals surface area contributed by atoms with Crippen molar-refractivity contribution >= 4 is 11.8 Å². The van der Waals surface area contributed by atoms with Gasteiger partial charge >= 0.3 is 0 Å². The van der Waals surface area contributed by atoms with Gasteiger partial charge in [-0.25, -0.2) is 0 Å². The van der Waals surface area contributed by atoms with Crippen LogP contribution in [-0.4, -0.2) is 42.9 Å². The standard InChI is InChI=1S/C16H31N3O2/c1-10(2)8-18-15(20)9-19(5)16(21)13-7-14(17)12(4)6-11(13)3/h10-14H,6-9,17H2,1-5H3,(H,18,20). The molecule has 2 amide bonds. The van der Waals surface area contributed by atoms with E-state index in [4.69, 9.17) is 5.73 Å². The van der Waals surface area contributed by atoms with Gasteiger partial charge in [0.1, 0.15) is 0 Å². The number of hydrogen-bond acceptors (Lipinski definition) is 3. The number of nitrogens with one attached hydrogen (secondary N) is 1. The third-order valence-corrected chi connectivity index (χ3v) is 4.47. The van der Waals surface area contributed by atoms with Crippen LogP contribution in [0.5, 0.6) is 0 Å². The minimum absolute atomic E-state index is 0.0459. The van der Waals surface area contributed by atoms with Gasteiger partial charge in [0.05, 0.1) is 6.54 Å². The maximum Gasteiger partial charge on any atom is 0.239 e. The average molecular weight is 297 g/mol. The van der Waals surface area contributed by atoms with Crippen molar-refractivity contribution in [2.75, 3.05) is 20.1 Å². The van der Waals surface area contributed by atoms with Crippen molar-refractivity contribution in [2.45, 2.75) is 46.6 Å². The van der Waals surface area contributed by atoms with Crippen LogP contribution in [0.2, 0.25) is 0 Å². The lowest BCUT2D eigenvalue weighted by molar-refractivity contribution is -0.140. The zero-order valence-electron chi connectivity index (χ0n) is 14.1. The average Bonchev–Trinajstić information content (AvgIpc) is 2.39. The number of carbonyl (C=O) groups excluding carboxylic acids is 2. The number of nitrogens with two attached hydrogens (primary N) is 1. The van der Waals surface area contributed by atoms with Gasteiger partial charge in [-0.2, -0.15) is 0 Å². The Morgan fingerprint density at radius 2 is 1.86 bits per heavy atom. The van der Waals surface area contributed by atoms with Crippen LogP contribution in [0.3, 0.4) is 0 Å². The van der Waals surface area contributed by atoms with Gasteiger partial charge in [-0.05, 0) is 30.6 Å². The van der Waals surface area contributed by atoms with E-state index in [1.54, 1.807) is 11.9 Å². The van der Waals surface area contributed by atoms with Crippen molar-refractivity contribution < 1.29 is 9.59 Å². The second-order valence-corrected chi connectivity index (χ2v) is 7.09. The van der Waals surface area contributed by atoms with Crippen LogP contribution in [-0.2, 0) is 9.59 Å². The van der Waals surface area contributed by atoms with Crippen molar-refractivity contribution in [3.63, 3.8) is 0 Å². The number of likely N-dealkylation sites (N-methyl/N-ethyl adjacent to an activating group) is 1. The molecule has 0 aromatic heterocycles. The van der Waals surface area contributed by atoms with E-state index in [0.717, 1.165) is 12.8 Å². The molecular weight excluding hydrogens is 266 g/mol. The van der Waals surface area contributed by atoms with Gasteiger partial charge in [-0.1, -0.05) is 27.7 Å². The van der Waals surface area contributed by atoms with Gasteiger partial charge in [0.25, 0.3) is 0 Å². The lowest BCUT2D eigenvalue weighted by Crippen LogP contribution is -2.47. The largest absolute Gasteiger partial charge is 0.354 e. The Bertz CT molecular complexity index is 371. The number of rotatable bonds is 5. The number of carbonyl (C=O) groups is 2. The van der Waals surface area contributed by atoms with E-state index in [-0.39, 0.29) is 30.3 Å². The Balaban J connectivity index is 2.51. The second kappa shape index (κ2) is 7.78.